The second-order valence-electron chi connectivity index (χ2n) is 20.8. The molecule has 0 aromatic heterocycles. The molecule has 4 aliphatic carbocycles. The van der Waals surface area contributed by atoms with Gasteiger partial charge in [-0.15, -0.1) is 0 Å². The smallest absolute Gasteiger partial charge is 0.314 e. The van der Waals surface area contributed by atoms with Crippen LogP contribution in [0.1, 0.15) is 71.6 Å². The van der Waals surface area contributed by atoms with E-state index < -0.39 is 172 Å². The molecule has 0 aromatic carbocycles. The minimum atomic E-state index is -2.01. The molecule has 1 spiro atoms. The number of hydrogen-bond acceptors (Lipinski definition) is 23. The Hall–Kier alpha value is -1.63. The first-order valence-electron chi connectivity index (χ1n) is 23.4. The number of hydrogen-bond donors (Lipinski definition) is 14. The molecule has 4 saturated heterocycles. The zero-order valence-corrected chi connectivity index (χ0v) is 37.5. The third-order valence-corrected chi connectivity index (χ3v) is 17.1. The molecule has 22 unspecified atom stereocenters. The summed E-state index contributed by atoms with van der Waals surface area (Å²) in [5, 5.41) is 147. The van der Waals surface area contributed by atoms with Gasteiger partial charge < -0.3 is 109 Å². The Morgan fingerprint density at radius 3 is 1.57 bits per heavy atom. The number of aliphatic hydroxyl groups excluding tert-OH is 14. The average molecular weight is 967 g/mol. The van der Waals surface area contributed by atoms with Gasteiger partial charge in [0.1, 0.15) is 91.6 Å². The van der Waals surface area contributed by atoms with Gasteiger partial charge in [-0.1, -0.05) is 19.9 Å². The van der Waals surface area contributed by atoms with E-state index >= 15 is 4.79 Å². The third kappa shape index (κ3) is 8.63. The summed E-state index contributed by atoms with van der Waals surface area (Å²) in [6, 6.07) is 0. The molecule has 0 aromatic rings. The van der Waals surface area contributed by atoms with Gasteiger partial charge in [0.25, 0.3) is 0 Å². The lowest BCUT2D eigenvalue weighted by Gasteiger charge is -2.64. The molecule has 23 nitrogen and oxygen atoms in total. The summed E-state index contributed by atoms with van der Waals surface area (Å²) in [6.07, 6.45) is -29.3. The van der Waals surface area contributed by atoms with Crippen LogP contribution in [-0.2, 0) is 42.7 Å². The molecule has 8 fully saturated rings. The van der Waals surface area contributed by atoms with Crippen LogP contribution in [0.2, 0.25) is 0 Å². The molecule has 67 heavy (non-hydrogen) atoms. The normalized spacial score (nSPS) is 54.5. The lowest BCUT2D eigenvalue weighted by Crippen LogP contribution is -2.67. The maximum absolute atomic E-state index is 15.0. The van der Waals surface area contributed by atoms with Gasteiger partial charge in [0.05, 0.1) is 37.4 Å². The summed E-state index contributed by atoms with van der Waals surface area (Å²) in [5.74, 6) is -0.979. The quantitative estimate of drug-likeness (QED) is 0.0494. The lowest BCUT2D eigenvalue weighted by molar-refractivity contribution is -0.389. The molecule has 8 rings (SSSR count). The summed E-state index contributed by atoms with van der Waals surface area (Å²) >= 11 is 0. The lowest BCUT2D eigenvalue weighted by atomic mass is 9.41. The fraction of sp³-hybridized carbons (Fsp3) is 0.932. The van der Waals surface area contributed by atoms with Crippen LogP contribution in [0, 0.1) is 28.1 Å². The van der Waals surface area contributed by atoms with Crippen molar-refractivity contribution in [2.24, 2.45) is 28.1 Å². The molecule has 23 heteroatoms. The molecule has 0 radical (unpaired) electrons. The molecule has 4 heterocycles. The van der Waals surface area contributed by atoms with Crippen molar-refractivity contribution >= 4 is 5.97 Å². The zero-order chi connectivity index (χ0) is 48.7. The molecular formula is C44H70O23. The minimum Gasteiger partial charge on any atom is -0.432 e. The highest BCUT2D eigenvalue weighted by Crippen LogP contribution is 2.73. The van der Waals surface area contributed by atoms with Gasteiger partial charge in [0, 0.05) is 0 Å². The fourth-order valence-electron chi connectivity index (χ4n) is 13.5. The van der Waals surface area contributed by atoms with Crippen LogP contribution in [0.5, 0.6) is 0 Å². The third-order valence-electron chi connectivity index (χ3n) is 17.1. The van der Waals surface area contributed by atoms with E-state index in [0.29, 0.717) is 51.4 Å². The van der Waals surface area contributed by atoms with E-state index in [9.17, 15) is 71.5 Å². The van der Waals surface area contributed by atoms with Crippen LogP contribution in [0.4, 0.5) is 0 Å². The van der Waals surface area contributed by atoms with Crippen molar-refractivity contribution < 1.29 is 114 Å². The SMILES string of the molecule is C=C1C[C@@]23CCC4[C@](C)(C(=O)OC5OC(CO)C(O)C(OC6OC(CO)C(O)C(O)C6O)C5OC5OC(CO)C(O)C(O)C5O)CCC[C@@]4(C)[C@@H]2CCC1(OC1OC(CO)C(O)C(O)C1O)C3. The number of ether oxygens (including phenoxy) is 8. The number of carbonyl (C=O) groups is 1. The average Bonchev–Trinajstić information content (AvgIpc) is 3.50. The monoisotopic (exact) mass is 966 g/mol. The van der Waals surface area contributed by atoms with Crippen molar-refractivity contribution in [1.82, 2.24) is 0 Å². The summed E-state index contributed by atoms with van der Waals surface area (Å²) in [7, 11) is 0. The first-order chi connectivity index (χ1) is 31.6. The Morgan fingerprint density at radius 2 is 1.03 bits per heavy atom. The van der Waals surface area contributed by atoms with E-state index in [-0.39, 0.29) is 17.3 Å². The highest BCUT2D eigenvalue weighted by Gasteiger charge is 2.69. The summed E-state index contributed by atoms with van der Waals surface area (Å²) in [5.41, 5.74) is -2.11. The van der Waals surface area contributed by atoms with Crippen molar-refractivity contribution in [2.75, 3.05) is 26.4 Å². The van der Waals surface area contributed by atoms with E-state index in [2.05, 4.69) is 13.5 Å². The highest BCUT2D eigenvalue weighted by atomic mass is 16.8. The summed E-state index contributed by atoms with van der Waals surface area (Å²) in [4.78, 5) is 15.0. The molecule has 14 N–H and O–H groups in total. The van der Waals surface area contributed by atoms with Crippen molar-refractivity contribution in [2.45, 2.75) is 200 Å². The number of esters is 1. The Bertz CT molecular complexity index is 1760. The largest absolute Gasteiger partial charge is 0.432 e. The molecule has 4 saturated carbocycles. The van der Waals surface area contributed by atoms with Crippen LogP contribution in [0.15, 0.2) is 12.2 Å². The predicted molar refractivity (Wildman–Crippen MR) is 219 cm³/mol. The summed E-state index contributed by atoms with van der Waals surface area (Å²) in [6.45, 7) is 5.23. The zero-order valence-electron chi connectivity index (χ0n) is 37.5. The van der Waals surface area contributed by atoms with Gasteiger partial charge in [-0.05, 0) is 86.5 Å². The number of carbonyl (C=O) groups excluding carboxylic acids is 1. The van der Waals surface area contributed by atoms with Gasteiger partial charge >= 0.3 is 5.97 Å². The first-order valence-corrected chi connectivity index (χ1v) is 23.4. The Labute approximate surface area is 386 Å². The van der Waals surface area contributed by atoms with Crippen LogP contribution >= 0.6 is 0 Å². The molecule has 384 valence electrons. The van der Waals surface area contributed by atoms with Gasteiger partial charge in [-0.2, -0.15) is 0 Å². The number of aliphatic hydroxyl groups is 14. The van der Waals surface area contributed by atoms with Crippen molar-refractivity contribution in [1.29, 1.82) is 0 Å². The van der Waals surface area contributed by atoms with Gasteiger partial charge in [0.2, 0.25) is 6.29 Å². The molecular weight excluding hydrogens is 896 g/mol. The molecule has 2 bridgehead atoms. The van der Waals surface area contributed by atoms with Gasteiger partial charge in [-0.25, -0.2) is 0 Å². The predicted octanol–water partition coefficient (Wildman–Crippen LogP) is -5.11. The topological polar surface area (TPSA) is 374 Å². The molecule has 4 aliphatic heterocycles. The van der Waals surface area contributed by atoms with Crippen LogP contribution < -0.4 is 0 Å². The molecule has 8 aliphatic rings. The van der Waals surface area contributed by atoms with E-state index in [4.69, 9.17) is 37.9 Å². The van der Waals surface area contributed by atoms with E-state index in [1.54, 1.807) is 6.92 Å². The Balaban J connectivity index is 1.06. The van der Waals surface area contributed by atoms with E-state index in [1.165, 1.54) is 0 Å². The van der Waals surface area contributed by atoms with Crippen LogP contribution in [0.25, 0.3) is 0 Å². The molecule has 0 amide bonds. The van der Waals surface area contributed by atoms with Gasteiger partial charge in [-0.3, -0.25) is 4.79 Å². The maximum Gasteiger partial charge on any atom is 0.314 e. The maximum atomic E-state index is 15.0. The highest BCUT2D eigenvalue weighted by molar-refractivity contribution is 5.77. The second kappa shape index (κ2) is 19.4. The standard InChI is InChI=1S/C44H70O23/c1-17-11-43-9-5-22-41(2,23(43)6-10-44(17,16-43)67-38-33(58)30(55)26(51)20(14-47)62-38)7-4-8-42(22,3)40(59)66-39-35(65-37-32(57)29(54)25(50)19(13-46)61-37)34(27(52)21(15-48)63-39)64-36-31(56)28(53)24(49)18(12-45)60-36/h18-39,45-58H,1,4-16H2,2-3H3/t18?,19?,20?,21?,22?,23-,24?,25?,26?,27?,28?,29?,30?,31?,32?,33?,34?,35?,36?,37?,38?,39?,41+,42+,43+,44?/m0/s1. The fourth-order valence-corrected chi connectivity index (χ4v) is 13.5. The van der Waals surface area contributed by atoms with E-state index in [0.717, 1.165) is 12.0 Å². The molecule has 26 atom stereocenters. The van der Waals surface area contributed by atoms with Crippen LogP contribution in [-0.4, -0.2) is 232 Å². The van der Waals surface area contributed by atoms with Crippen molar-refractivity contribution in [3.8, 4) is 0 Å². The van der Waals surface area contributed by atoms with Crippen molar-refractivity contribution in [3.05, 3.63) is 12.2 Å². The van der Waals surface area contributed by atoms with Crippen molar-refractivity contribution in [3.63, 3.8) is 0 Å². The second-order valence-corrected chi connectivity index (χ2v) is 20.8. The minimum absolute atomic E-state index is 0.0513. The Morgan fingerprint density at radius 1 is 0.567 bits per heavy atom. The van der Waals surface area contributed by atoms with Crippen LogP contribution in [0.3, 0.4) is 0 Å². The number of rotatable bonds is 12. The number of fused-ring (bicyclic) bond motifs is 3. The first kappa shape index (κ1) is 51.7. The van der Waals surface area contributed by atoms with Gasteiger partial charge in [0.15, 0.2) is 25.0 Å². The van der Waals surface area contributed by atoms with E-state index in [1.807, 2.05) is 0 Å². The Kier molecular flexibility index (Phi) is 15.0. The summed E-state index contributed by atoms with van der Waals surface area (Å²) < 4.78 is 47.8.